The fourth-order valence-electron chi connectivity index (χ4n) is 13.5. The number of nitrogens with zero attached hydrogens (tertiary/aromatic N) is 5. The number of benzene rings is 2. The molecule has 0 radical (unpaired) electrons. The highest BCUT2D eigenvalue weighted by atomic mass is 16.3. The van der Waals surface area contributed by atoms with Crippen LogP contribution in [0.2, 0.25) is 0 Å². The fourth-order valence-corrected chi connectivity index (χ4v) is 13.5. The molecule has 360 valence electrons. The molecule has 8 heterocycles. The average molecular weight is 917 g/mol. The number of fused-ring (bicyclic) bond motifs is 7. The SMILES string of the molecule is C[C@@]1(O)CC/C=C\CN2C(=O)C3CNC(Nc4ccc(C5CCC6(CC5)CCN(CC5CCN(c7ccc8c(c7)CN(C7CCC(=O)NC7=O)C8=O)CC5)CC6)cc4)NC3N2C2CCCC1N2. The molecule has 9 aliphatic rings. The number of hydrogen-bond acceptors (Lipinski definition) is 12. The van der Waals surface area contributed by atoms with Gasteiger partial charge in [0.1, 0.15) is 12.3 Å². The van der Waals surface area contributed by atoms with Crippen LogP contribution >= 0.6 is 0 Å². The lowest BCUT2D eigenvalue weighted by Gasteiger charge is -2.47. The number of rotatable bonds is 7. The van der Waals surface area contributed by atoms with Crippen LogP contribution in [-0.4, -0.2) is 131 Å². The van der Waals surface area contributed by atoms with E-state index in [0.717, 1.165) is 55.7 Å². The first-order valence-corrected chi connectivity index (χ1v) is 25.8. The van der Waals surface area contributed by atoms with Crippen LogP contribution in [0, 0.1) is 17.3 Å². The fraction of sp³-hybridized carbons (Fsp3) is 0.654. The van der Waals surface area contributed by atoms with E-state index in [9.17, 15) is 24.3 Å². The monoisotopic (exact) mass is 917 g/mol. The maximum atomic E-state index is 13.8. The van der Waals surface area contributed by atoms with Gasteiger partial charge in [-0.3, -0.25) is 45.5 Å². The van der Waals surface area contributed by atoms with E-state index in [4.69, 9.17) is 0 Å². The number of aliphatic hydroxyl groups is 1. The largest absolute Gasteiger partial charge is 0.389 e. The van der Waals surface area contributed by atoms with Crippen LogP contribution < -0.4 is 31.5 Å². The minimum atomic E-state index is -0.799. The van der Waals surface area contributed by atoms with Crippen LogP contribution in [0.1, 0.15) is 131 Å². The predicted molar refractivity (Wildman–Crippen MR) is 256 cm³/mol. The van der Waals surface area contributed by atoms with Gasteiger partial charge in [0, 0.05) is 62.1 Å². The van der Waals surface area contributed by atoms with Crippen molar-refractivity contribution >= 4 is 35.0 Å². The van der Waals surface area contributed by atoms with Crippen molar-refractivity contribution in [3.8, 4) is 0 Å². The number of amides is 4. The van der Waals surface area contributed by atoms with Crippen molar-refractivity contribution in [2.24, 2.45) is 17.3 Å². The molecule has 1 aliphatic carbocycles. The maximum Gasteiger partial charge on any atom is 0.255 e. The van der Waals surface area contributed by atoms with E-state index in [-0.39, 0.29) is 60.6 Å². The van der Waals surface area contributed by atoms with Crippen LogP contribution in [0.5, 0.6) is 0 Å². The number of piperidine rings is 4. The smallest absolute Gasteiger partial charge is 0.255 e. The molecule has 2 bridgehead atoms. The highest BCUT2D eigenvalue weighted by molar-refractivity contribution is 6.05. The van der Waals surface area contributed by atoms with Crippen LogP contribution in [0.4, 0.5) is 11.4 Å². The first-order chi connectivity index (χ1) is 32.5. The number of carbonyl (C=O) groups excluding carboxylic acids is 4. The van der Waals surface area contributed by atoms with Crippen molar-refractivity contribution < 1.29 is 24.3 Å². The number of hydrogen-bond donors (Lipinski definition) is 6. The number of carbonyl (C=O) groups is 4. The summed E-state index contributed by atoms with van der Waals surface area (Å²) in [6.07, 6.45) is 19.0. The predicted octanol–water partition coefficient (Wildman–Crippen LogP) is 4.56. The van der Waals surface area contributed by atoms with E-state index in [1.54, 1.807) is 4.90 Å². The lowest BCUT2D eigenvalue weighted by molar-refractivity contribution is -0.146. The van der Waals surface area contributed by atoms with Crippen LogP contribution in [0.15, 0.2) is 54.6 Å². The Morgan fingerprint density at radius 3 is 2.40 bits per heavy atom. The van der Waals surface area contributed by atoms with Crippen molar-refractivity contribution in [2.75, 3.05) is 56.0 Å². The molecule has 1 saturated carbocycles. The molecule has 67 heavy (non-hydrogen) atoms. The summed E-state index contributed by atoms with van der Waals surface area (Å²) in [6.45, 7) is 9.15. The van der Waals surface area contributed by atoms with Crippen molar-refractivity contribution in [3.63, 3.8) is 0 Å². The summed E-state index contributed by atoms with van der Waals surface area (Å²) < 4.78 is 0. The molecule has 6 N–H and O–H groups in total. The minimum absolute atomic E-state index is 0.0101. The molecule has 2 aromatic carbocycles. The van der Waals surface area contributed by atoms with Gasteiger partial charge in [-0.1, -0.05) is 24.3 Å². The average Bonchev–Trinajstić information content (AvgIpc) is 3.81. The van der Waals surface area contributed by atoms with Gasteiger partial charge in [0.05, 0.1) is 30.4 Å². The van der Waals surface area contributed by atoms with Gasteiger partial charge in [-0.25, -0.2) is 0 Å². The quantitative estimate of drug-likeness (QED) is 0.170. The number of hydrazine groups is 1. The molecule has 8 aliphatic heterocycles. The third-order valence-electron chi connectivity index (χ3n) is 17.8. The summed E-state index contributed by atoms with van der Waals surface area (Å²) in [7, 11) is 0. The van der Waals surface area contributed by atoms with Gasteiger partial charge in [-0.15, -0.1) is 0 Å². The van der Waals surface area contributed by atoms with Crippen LogP contribution in [0.3, 0.4) is 0 Å². The molecule has 2 aromatic rings. The number of imide groups is 1. The summed E-state index contributed by atoms with van der Waals surface area (Å²) in [4.78, 5) is 58.1. The van der Waals surface area contributed by atoms with E-state index in [2.05, 4.69) is 89.9 Å². The van der Waals surface area contributed by atoms with Gasteiger partial charge >= 0.3 is 0 Å². The molecule has 1 spiro atoms. The van der Waals surface area contributed by atoms with E-state index < -0.39 is 11.6 Å². The van der Waals surface area contributed by atoms with Crippen molar-refractivity contribution in [1.29, 1.82) is 0 Å². The molecule has 11 rings (SSSR count). The Morgan fingerprint density at radius 1 is 0.836 bits per heavy atom. The molecule has 7 fully saturated rings. The highest BCUT2D eigenvalue weighted by Crippen LogP contribution is 2.49. The molecule has 4 amide bonds. The summed E-state index contributed by atoms with van der Waals surface area (Å²) in [5, 5.41) is 32.8. The third-order valence-corrected chi connectivity index (χ3v) is 17.8. The van der Waals surface area contributed by atoms with E-state index >= 15 is 0 Å². The summed E-state index contributed by atoms with van der Waals surface area (Å²) in [6, 6.07) is 14.7. The van der Waals surface area contributed by atoms with Crippen molar-refractivity contribution in [2.45, 2.75) is 152 Å². The third kappa shape index (κ3) is 9.04. The Hall–Kier alpha value is -4.38. The Balaban J connectivity index is 0.625. The van der Waals surface area contributed by atoms with Crippen molar-refractivity contribution in [3.05, 3.63) is 71.3 Å². The Bertz CT molecular complexity index is 2210. The second-order valence-corrected chi connectivity index (χ2v) is 21.9. The Labute approximate surface area is 395 Å². The molecule has 0 aromatic heterocycles. The molecule has 7 atom stereocenters. The zero-order valence-corrected chi connectivity index (χ0v) is 39.4. The van der Waals surface area contributed by atoms with E-state index in [1.165, 1.54) is 76.6 Å². The number of anilines is 2. The first kappa shape index (κ1) is 45.1. The highest BCUT2D eigenvalue weighted by Gasteiger charge is 2.53. The van der Waals surface area contributed by atoms with Gasteiger partial charge in [0.15, 0.2) is 0 Å². The molecule has 6 unspecified atom stereocenters. The Morgan fingerprint density at radius 2 is 1.63 bits per heavy atom. The van der Waals surface area contributed by atoms with Gasteiger partial charge in [-0.05, 0) is 169 Å². The second kappa shape index (κ2) is 18.5. The molecule has 6 saturated heterocycles. The van der Waals surface area contributed by atoms with E-state index in [0.29, 0.717) is 55.3 Å². The number of likely N-dealkylation sites (tertiary alicyclic amines) is 1. The molecular weight excluding hydrogens is 845 g/mol. The molecular formula is C52H72N10O5. The topological polar surface area (TPSA) is 165 Å². The second-order valence-electron chi connectivity index (χ2n) is 21.9. The van der Waals surface area contributed by atoms with Gasteiger partial charge in [-0.2, -0.15) is 5.01 Å². The minimum Gasteiger partial charge on any atom is -0.389 e. The summed E-state index contributed by atoms with van der Waals surface area (Å²) in [5.74, 6) is 0.530. The van der Waals surface area contributed by atoms with Crippen molar-refractivity contribution in [1.82, 2.24) is 41.1 Å². The van der Waals surface area contributed by atoms with Gasteiger partial charge in [0.25, 0.3) is 5.91 Å². The summed E-state index contributed by atoms with van der Waals surface area (Å²) >= 11 is 0. The van der Waals surface area contributed by atoms with Crippen LogP contribution in [0.25, 0.3) is 0 Å². The van der Waals surface area contributed by atoms with Crippen LogP contribution in [-0.2, 0) is 20.9 Å². The lowest BCUT2D eigenvalue weighted by Crippen LogP contribution is -2.69. The molecule has 15 nitrogen and oxygen atoms in total. The normalized spacial score (nSPS) is 33.8. The Kier molecular flexibility index (Phi) is 12.5. The lowest BCUT2D eigenvalue weighted by atomic mass is 9.64. The standard InChI is InChI=1S/C52H72N10O5/c1-51(67)20-3-2-4-25-61-49(66)41-31-53-50(57-46(41)62(61)44-7-5-6-43(51)55-44)54-38-10-8-35(9-11-38)36-16-21-52(22-17-36)23-28-58(29-24-52)32-34-18-26-59(27-19-34)39-12-13-40-37(30-39)33-60(48(40)65)42-14-15-45(63)56-47(42)64/h2,4,8-13,30,34,36,41-44,46,50,53-55,57,67H,3,5-7,14-29,31-33H2,1H3,(H,56,63,64)/b4-2-/t41?,42?,43?,44?,46?,50?,51-/m1/s1. The number of allylic oxidation sites excluding steroid dienone is 1. The van der Waals surface area contributed by atoms with Gasteiger partial charge in [0.2, 0.25) is 17.7 Å². The van der Waals surface area contributed by atoms with Gasteiger partial charge < -0.3 is 25.1 Å². The summed E-state index contributed by atoms with van der Waals surface area (Å²) in [5.41, 5.74) is 5.00. The van der Waals surface area contributed by atoms with E-state index in [1.807, 2.05) is 18.0 Å². The first-order valence-electron chi connectivity index (χ1n) is 25.8. The zero-order valence-electron chi connectivity index (χ0n) is 39.4. The zero-order chi connectivity index (χ0) is 45.9. The maximum absolute atomic E-state index is 13.8. The molecule has 15 heteroatoms. The number of nitrogens with one attached hydrogen (secondary N) is 5.